The van der Waals surface area contributed by atoms with Crippen LogP contribution in [0.5, 0.6) is 0 Å². The summed E-state index contributed by atoms with van der Waals surface area (Å²) >= 11 is 0. The quantitative estimate of drug-likeness (QED) is 0.368. The van der Waals surface area contributed by atoms with E-state index in [1.54, 1.807) is 4.90 Å². The average molecular weight is 510 g/mol. The van der Waals surface area contributed by atoms with Crippen molar-refractivity contribution in [3.05, 3.63) is 48.0 Å². The summed E-state index contributed by atoms with van der Waals surface area (Å²) in [6, 6.07) is 7.96. The van der Waals surface area contributed by atoms with Gasteiger partial charge in [0.15, 0.2) is 0 Å². The number of fused-ring (bicyclic) bond motifs is 1. The van der Waals surface area contributed by atoms with E-state index < -0.39 is 24.2 Å². The van der Waals surface area contributed by atoms with Gasteiger partial charge in [-0.1, -0.05) is 55.3 Å². The van der Waals surface area contributed by atoms with Gasteiger partial charge < -0.3 is 20.2 Å². The highest BCUT2D eigenvalue weighted by Crippen LogP contribution is 2.29. The number of piperazine rings is 1. The number of hydrazine groups is 1. The molecule has 2 saturated heterocycles. The van der Waals surface area contributed by atoms with Gasteiger partial charge in [0.05, 0.1) is 19.6 Å². The number of benzene rings is 1. The fraction of sp³-hybridized carbons (Fsp3) is 0.481. The SMILES string of the molecule is C#CCN1CC(=O)N2[C@@H](CCC(=O)O)C(=O)N(CCC(C)C(=C)C)C[C@@H]2N1C(=O)NCc1ccccc1. The molecule has 0 saturated carbocycles. The van der Waals surface area contributed by atoms with E-state index in [0.29, 0.717) is 13.0 Å². The number of nitrogens with zero attached hydrogens (tertiary/aromatic N) is 4. The van der Waals surface area contributed by atoms with Gasteiger partial charge in [-0.25, -0.2) is 9.80 Å². The van der Waals surface area contributed by atoms with Gasteiger partial charge in [-0.05, 0) is 31.2 Å². The number of carboxylic acid groups (broad SMARTS) is 1. The Bertz CT molecular complexity index is 1070. The van der Waals surface area contributed by atoms with Crippen LogP contribution in [0.4, 0.5) is 4.79 Å². The summed E-state index contributed by atoms with van der Waals surface area (Å²) < 4.78 is 0. The Morgan fingerprint density at radius 3 is 2.59 bits per heavy atom. The van der Waals surface area contributed by atoms with Crippen molar-refractivity contribution in [3.8, 4) is 12.3 Å². The van der Waals surface area contributed by atoms with Crippen molar-refractivity contribution in [3.63, 3.8) is 0 Å². The number of urea groups is 1. The first kappa shape index (κ1) is 27.7. The molecule has 198 valence electrons. The lowest BCUT2D eigenvalue weighted by molar-refractivity contribution is -0.189. The van der Waals surface area contributed by atoms with Gasteiger partial charge >= 0.3 is 12.0 Å². The number of hydrogen-bond donors (Lipinski definition) is 2. The molecule has 2 fully saturated rings. The normalized spacial score (nSPS) is 20.7. The van der Waals surface area contributed by atoms with Crippen LogP contribution in [0.25, 0.3) is 0 Å². The summed E-state index contributed by atoms with van der Waals surface area (Å²) in [7, 11) is 0. The zero-order valence-corrected chi connectivity index (χ0v) is 21.4. The molecular formula is C27H35N5O5. The van der Waals surface area contributed by atoms with Crippen LogP contribution in [-0.2, 0) is 20.9 Å². The molecule has 2 aliphatic heterocycles. The first-order valence-electron chi connectivity index (χ1n) is 12.4. The molecule has 0 bridgehead atoms. The lowest BCUT2D eigenvalue weighted by Gasteiger charge is -2.55. The van der Waals surface area contributed by atoms with Crippen LogP contribution in [0.2, 0.25) is 0 Å². The second-order valence-corrected chi connectivity index (χ2v) is 9.57. The maximum atomic E-state index is 13.5. The number of hydrogen-bond acceptors (Lipinski definition) is 5. The monoisotopic (exact) mass is 509 g/mol. The number of carbonyl (C=O) groups excluding carboxylic acids is 3. The van der Waals surface area contributed by atoms with E-state index in [1.807, 2.05) is 44.2 Å². The van der Waals surface area contributed by atoms with E-state index in [9.17, 15) is 24.3 Å². The maximum absolute atomic E-state index is 13.5. The summed E-state index contributed by atoms with van der Waals surface area (Å²) in [6.45, 7) is 8.51. The van der Waals surface area contributed by atoms with Gasteiger partial charge in [-0.15, -0.1) is 6.42 Å². The van der Waals surface area contributed by atoms with Crippen LogP contribution in [0, 0.1) is 18.3 Å². The largest absolute Gasteiger partial charge is 0.481 e. The molecule has 3 rings (SSSR count). The molecular weight excluding hydrogens is 474 g/mol. The van der Waals surface area contributed by atoms with Crippen LogP contribution >= 0.6 is 0 Å². The number of amides is 4. The summed E-state index contributed by atoms with van der Waals surface area (Å²) in [5.41, 5.74) is 1.89. The lowest BCUT2D eigenvalue weighted by Crippen LogP contribution is -2.76. The Labute approximate surface area is 217 Å². The van der Waals surface area contributed by atoms with Gasteiger partial charge in [0, 0.05) is 19.5 Å². The molecule has 0 aliphatic carbocycles. The van der Waals surface area contributed by atoms with Crippen molar-refractivity contribution < 1.29 is 24.3 Å². The van der Waals surface area contributed by atoms with Crippen LogP contribution in [0.15, 0.2) is 42.5 Å². The molecule has 3 atom stereocenters. The highest BCUT2D eigenvalue weighted by Gasteiger charge is 2.51. The van der Waals surface area contributed by atoms with Crippen molar-refractivity contribution in [2.45, 2.75) is 51.9 Å². The third kappa shape index (κ3) is 6.68. The minimum absolute atomic E-state index is 0.0231. The lowest BCUT2D eigenvalue weighted by atomic mass is 9.98. The smallest absolute Gasteiger partial charge is 0.334 e. The van der Waals surface area contributed by atoms with Crippen molar-refractivity contribution in [1.82, 2.24) is 25.1 Å². The highest BCUT2D eigenvalue weighted by molar-refractivity contribution is 5.91. The maximum Gasteiger partial charge on any atom is 0.334 e. The third-order valence-corrected chi connectivity index (χ3v) is 6.90. The topological polar surface area (TPSA) is 114 Å². The van der Waals surface area contributed by atoms with Crippen molar-refractivity contribution in [2.24, 2.45) is 5.92 Å². The summed E-state index contributed by atoms with van der Waals surface area (Å²) in [4.78, 5) is 54.6. The minimum atomic E-state index is -1.06. The summed E-state index contributed by atoms with van der Waals surface area (Å²) in [5.74, 6) is 0.926. The number of rotatable bonds is 10. The molecule has 2 N–H and O–H groups in total. The Morgan fingerprint density at radius 1 is 1.27 bits per heavy atom. The van der Waals surface area contributed by atoms with E-state index in [4.69, 9.17) is 6.42 Å². The van der Waals surface area contributed by atoms with Gasteiger partial charge in [0.25, 0.3) is 0 Å². The zero-order valence-electron chi connectivity index (χ0n) is 21.4. The highest BCUT2D eigenvalue weighted by atomic mass is 16.4. The molecule has 4 amide bonds. The number of terminal acetylenes is 1. The Morgan fingerprint density at radius 2 is 1.97 bits per heavy atom. The molecule has 1 aromatic carbocycles. The fourth-order valence-electron chi connectivity index (χ4n) is 4.63. The third-order valence-electron chi connectivity index (χ3n) is 6.90. The summed E-state index contributed by atoms with van der Waals surface area (Å²) in [5, 5.41) is 15.1. The molecule has 1 unspecified atom stereocenters. The molecule has 1 aromatic rings. The standard InChI is InChI=1S/C27H35N5O5/c1-5-14-30-18-24(33)31-22(11-12-25(34)35)26(36)29(15-13-20(4)19(2)3)17-23(31)32(30)27(37)28-16-21-9-7-6-8-10-21/h1,6-10,20,22-23H,2,11-18H2,3-4H3,(H,28,37)(H,34,35)/t20?,22-,23-/m0/s1. The Balaban J connectivity index is 1.91. The van der Waals surface area contributed by atoms with E-state index in [0.717, 1.165) is 11.1 Å². The molecule has 10 heteroatoms. The number of carbonyl (C=O) groups is 4. The molecule has 0 aromatic heterocycles. The predicted octanol–water partition coefficient (Wildman–Crippen LogP) is 1.89. The van der Waals surface area contributed by atoms with E-state index in [1.165, 1.54) is 14.9 Å². The van der Waals surface area contributed by atoms with Gasteiger partial charge in [-0.3, -0.25) is 14.4 Å². The van der Waals surface area contributed by atoms with Gasteiger partial charge in [-0.2, -0.15) is 5.01 Å². The molecule has 10 nitrogen and oxygen atoms in total. The molecule has 37 heavy (non-hydrogen) atoms. The Kier molecular flexibility index (Phi) is 9.31. The van der Waals surface area contributed by atoms with Crippen molar-refractivity contribution in [1.29, 1.82) is 0 Å². The summed E-state index contributed by atoms with van der Waals surface area (Å²) in [6.07, 6.45) is 5.07. The van der Waals surface area contributed by atoms with E-state index >= 15 is 0 Å². The van der Waals surface area contributed by atoms with Gasteiger partial charge in [0.2, 0.25) is 11.8 Å². The van der Waals surface area contributed by atoms with Crippen molar-refractivity contribution >= 4 is 23.8 Å². The first-order chi connectivity index (χ1) is 17.6. The number of allylic oxidation sites excluding steroid dienone is 1. The van der Waals surface area contributed by atoms with Crippen LogP contribution in [0.1, 0.15) is 38.7 Å². The number of carboxylic acids is 1. The zero-order chi connectivity index (χ0) is 27.1. The average Bonchev–Trinajstić information content (AvgIpc) is 2.86. The van der Waals surface area contributed by atoms with E-state index in [-0.39, 0.29) is 56.8 Å². The fourth-order valence-corrected chi connectivity index (χ4v) is 4.63. The van der Waals surface area contributed by atoms with Crippen LogP contribution in [-0.4, -0.2) is 87.1 Å². The van der Waals surface area contributed by atoms with Gasteiger partial charge in [0.1, 0.15) is 12.2 Å². The molecule has 2 aliphatic rings. The first-order valence-corrected chi connectivity index (χ1v) is 12.4. The second kappa shape index (κ2) is 12.4. The van der Waals surface area contributed by atoms with Crippen LogP contribution in [0.3, 0.4) is 0 Å². The molecule has 0 spiro atoms. The molecule has 2 heterocycles. The Hall–Kier alpha value is -3.84. The van der Waals surface area contributed by atoms with E-state index in [2.05, 4.69) is 17.8 Å². The number of nitrogens with one attached hydrogen (secondary N) is 1. The predicted molar refractivity (Wildman–Crippen MR) is 137 cm³/mol. The number of aliphatic carboxylic acids is 1. The van der Waals surface area contributed by atoms with Crippen LogP contribution < -0.4 is 5.32 Å². The van der Waals surface area contributed by atoms with Crippen molar-refractivity contribution in [2.75, 3.05) is 26.2 Å². The second-order valence-electron chi connectivity index (χ2n) is 9.57. The molecule has 0 radical (unpaired) electrons. The minimum Gasteiger partial charge on any atom is -0.481 e.